The third kappa shape index (κ3) is 2.40. The molecule has 3 N–H and O–H groups in total. The molecule has 0 saturated carbocycles. The minimum Gasteiger partial charge on any atom is -0.394 e. The Kier molecular flexibility index (Phi) is 3.35. The van der Waals surface area contributed by atoms with Crippen molar-refractivity contribution in [3.8, 4) is 0 Å². The molecule has 1 aromatic rings. The molecule has 0 aliphatic rings. The molecule has 0 unspecified atom stereocenters. The van der Waals surface area contributed by atoms with Crippen LogP contribution in [0.1, 0.15) is 11.1 Å². The van der Waals surface area contributed by atoms with Gasteiger partial charge in [0.1, 0.15) is 0 Å². The fourth-order valence-corrected chi connectivity index (χ4v) is 0.944. The average molecular weight is 162 g/mol. The van der Waals surface area contributed by atoms with Crippen molar-refractivity contribution in [2.75, 3.05) is 7.05 Å². The average Bonchev–Trinajstić information content (AvgIpc) is 2.15. The van der Waals surface area contributed by atoms with Gasteiger partial charge in [0.25, 0.3) is 0 Å². The summed E-state index contributed by atoms with van der Waals surface area (Å²) in [7, 11) is 1.88. The summed E-state index contributed by atoms with van der Waals surface area (Å²) < 4.78 is 0. The van der Waals surface area contributed by atoms with Crippen molar-refractivity contribution in [2.45, 2.75) is 6.54 Å². The molecule has 2 heteroatoms. The predicted molar refractivity (Wildman–Crippen MR) is 52.4 cm³/mol. The van der Waals surface area contributed by atoms with Gasteiger partial charge in [0, 0.05) is 13.6 Å². The highest BCUT2D eigenvalue weighted by atomic mass is 14.8. The van der Waals surface area contributed by atoms with E-state index in [1.54, 1.807) is 0 Å². The van der Waals surface area contributed by atoms with E-state index in [0.717, 1.165) is 5.56 Å². The van der Waals surface area contributed by atoms with Gasteiger partial charge in [-0.25, -0.2) is 0 Å². The standard InChI is InChI=1S/C10H14N2/c1-12-7-6-9-2-4-10(8-11)5-3-9/h2-7,12H,8,11H2,1H3/b7-6+. The lowest BCUT2D eigenvalue weighted by Crippen LogP contribution is -1.95. The quantitative estimate of drug-likeness (QED) is 0.703. The fraction of sp³-hybridized carbons (Fsp3) is 0.200. The van der Waals surface area contributed by atoms with Crippen LogP contribution in [0.25, 0.3) is 6.08 Å². The summed E-state index contributed by atoms with van der Waals surface area (Å²) >= 11 is 0. The summed E-state index contributed by atoms with van der Waals surface area (Å²) in [5, 5.41) is 2.94. The van der Waals surface area contributed by atoms with Crippen molar-refractivity contribution in [3.05, 3.63) is 41.6 Å². The molecule has 1 rings (SSSR count). The van der Waals surface area contributed by atoms with E-state index in [4.69, 9.17) is 5.73 Å². The van der Waals surface area contributed by atoms with Gasteiger partial charge in [-0.15, -0.1) is 0 Å². The Morgan fingerprint density at radius 2 is 2.00 bits per heavy atom. The zero-order valence-electron chi connectivity index (χ0n) is 7.25. The first kappa shape index (κ1) is 8.81. The third-order valence-corrected chi connectivity index (χ3v) is 1.66. The number of rotatable bonds is 3. The van der Waals surface area contributed by atoms with Gasteiger partial charge in [0.2, 0.25) is 0 Å². The molecule has 12 heavy (non-hydrogen) atoms. The Morgan fingerprint density at radius 3 is 2.50 bits per heavy atom. The number of hydrogen-bond donors (Lipinski definition) is 2. The smallest absolute Gasteiger partial charge is 0.0178 e. The summed E-state index contributed by atoms with van der Waals surface area (Å²) in [5.74, 6) is 0. The maximum Gasteiger partial charge on any atom is 0.0178 e. The number of nitrogens with two attached hydrogens (primary N) is 1. The summed E-state index contributed by atoms with van der Waals surface area (Å²) in [5.41, 5.74) is 7.82. The molecule has 0 atom stereocenters. The van der Waals surface area contributed by atoms with Crippen LogP contribution in [0, 0.1) is 0 Å². The summed E-state index contributed by atoms with van der Waals surface area (Å²) in [6, 6.07) is 8.18. The maximum absolute atomic E-state index is 5.47. The van der Waals surface area contributed by atoms with Gasteiger partial charge in [0.05, 0.1) is 0 Å². The van der Waals surface area contributed by atoms with Crippen molar-refractivity contribution in [1.29, 1.82) is 0 Å². The molecule has 1 aromatic carbocycles. The van der Waals surface area contributed by atoms with Crippen LogP contribution in [0.3, 0.4) is 0 Å². The van der Waals surface area contributed by atoms with Crippen molar-refractivity contribution in [3.63, 3.8) is 0 Å². The molecular weight excluding hydrogens is 148 g/mol. The highest BCUT2D eigenvalue weighted by Crippen LogP contribution is 2.04. The van der Waals surface area contributed by atoms with Gasteiger partial charge in [-0.3, -0.25) is 0 Å². The molecule has 0 heterocycles. The summed E-state index contributed by atoms with van der Waals surface area (Å²) in [6.45, 7) is 0.607. The van der Waals surface area contributed by atoms with E-state index in [1.807, 2.05) is 31.5 Å². The summed E-state index contributed by atoms with van der Waals surface area (Å²) in [6.07, 6.45) is 3.91. The van der Waals surface area contributed by atoms with E-state index in [9.17, 15) is 0 Å². The van der Waals surface area contributed by atoms with Gasteiger partial charge < -0.3 is 11.1 Å². The minimum atomic E-state index is 0.607. The first-order valence-corrected chi connectivity index (χ1v) is 3.99. The molecule has 64 valence electrons. The van der Waals surface area contributed by atoms with E-state index in [2.05, 4.69) is 17.4 Å². The zero-order chi connectivity index (χ0) is 8.81. The molecule has 0 aliphatic heterocycles. The molecule has 0 bridgehead atoms. The first-order valence-electron chi connectivity index (χ1n) is 3.99. The summed E-state index contributed by atoms with van der Waals surface area (Å²) in [4.78, 5) is 0. The van der Waals surface area contributed by atoms with Crippen molar-refractivity contribution < 1.29 is 0 Å². The number of nitrogens with one attached hydrogen (secondary N) is 1. The van der Waals surface area contributed by atoms with Crippen LogP contribution in [0.15, 0.2) is 30.5 Å². The molecule has 2 nitrogen and oxygen atoms in total. The van der Waals surface area contributed by atoms with Crippen LogP contribution >= 0.6 is 0 Å². The Balaban J connectivity index is 2.71. The second kappa shape index (κ2) is 4.57. The maximum atomic E-state index is 5.47. The minimum absolute atomic E-state index is 0.607. The topological polar surface area (TPSA) is 38.0 Å². The molecule has 0 radical (unpaired) electrons. The highest BCUT2D eigenvalue weighted by molar-refractivity contribution is 5.49. The second-order valence-electron chi connectivity index (χ2n) is 2.57. The van der Waals surface area contributed by atoms with Crippen LogP contribution in [0.5, 0.6) is 0 Å². The molecule has 0 spiro atoms. The lowest BCUT2D eigenvalue weighted by molar-refractivity contribution is 1.07. The Hall–Kier alpha value is -1.28. The largest absolute Gasteiger partial charge is 0.394 e. The van der Waals surface area contributed by atoms with Gasteiger partial charge in [-0.1, -0.05) is 24.3 Å². The van der Waals surface area contributed by atoms with E-state index in [0.29, 0.717) is 6.54 Å². The van der Waals surface area contributed by atoms with Gasteiger partial charge in [-0.2, -0.15) is 0 Å². The van der Waals surface area contributed by atoms with E-state index in [-0.39, 0.29) is 0 Å². The van der Waals surface area contributed by atoms with Crippen molar-refractivity contribution >= 4 is 6.08 Å². The van der Waals surface area contributed by atoms with E-state index >= 15 is 0 Å². The van der Waals surface area contributed by atoms with Crippen LogP contribution in [-0.4, -0.2) is 7.05 Å². The molecule has 0 amide bonds. The van der Waals surface area contributed by atoms with Crippen LogP contribution < -0.4 is 11.1 Å². The zero-order valence-corrected chi connectivity index (χ0v) is 7.25. The van der Waals surface area contributed by atoms with Crippen LogP contribution in [0.2, 0.25) is 0 Å². The predicted octanol–water partition coefficient (Wildman–Crippen LogP) is 1.34. The SMILES string of the molecule is CN/C=C/c1ccc(CN)cc1. The van der Waals surface area contributed by atoms with Gasteiger partial charge in [-0.05, 0) is 23.4 Å². The molecular formula is C10H14N2. The van der Waals surface area contributed by atoms with Crippen LogP contribution in [-0.2, 0) is 6.54 Å². The van der Waals surface area contributed by atoms with Crippen molar-refractivity contribution in [1.82, 2.24) is 5.32 Å². The van der Waals surface area contributed by atoms with Gasteiger partial charge >= 0.3 is 0 Å². The molecule has 0 aliphatic carbocycles. The third-order valence-electron chi connectivity index (χ3n) is 1.66. The fourth-order valence-electron chi connectivity index (χ4n) is 0.944. The van der Waals surface area contributed by atoms with Gasteiger partial charge in [0.15, 0.2) is 0 Å². The molecule has 0 aromatic heterocycles. The number of hydrogen-bond acceptors (Lipinski definition) is 2. The first-order chi connectivity index (χ1) is 5.86. The Labute approximate surface area is 73.1 Å². The molecule has 0 fully saturated rings. The molecule has 0 saturated heterocycles. The van der Waals surface area contributed by atoms with Crippen molar-refractivity contribution in [2.24, 2.45) is 5.73 Å². The second-order valence-corrected chi connectivity index (χ2v) is 2.57. The monoisotopic (exact) mass is 162 g/mol. The van der Waals surface area contributed by atoms with E-state index in [1.165, 1.54) is 5.56 Å². The Morgan fingerprint density at radius 1 is 1.33 bits per heavy atom. The van der Waals surface area contributed by atoms with Crippen LogP contribution in [0.4, 0.5) is 0 Å². The lowest BCUT2D eigenvalue weighted by Gasteiger charge is -1.96. The lowest BCUT2D eigenvalue weighted by atomic mass is 10.1. The van der Waals surface area contributed by atoms with E-state index < -0.39 is 0 Å². The normalized spacial score (nSPS) is 10.5. The highest BCUT2D eigenvalue weighted by Gasteiger charge is 1.87. The Bertz CT molecular complexity index is 249. The number of benzene rings is 1.